The maximum atomic E-state index is 14.0. The number of nitrogens with zero attached hydrogens (tertiary/aromatic N) is 1. The van der Waals surface area contributed by atoms with Crippen molar-refractivity contribution >= 4 is 18.3 Å². The average Bonchev–Trinajstić information content (AvgIpc) is 2.91. The summed E-state index contributed by atoms with van der Waals surface area (Å²) in [5, 5.41) is 2.72. The third-order valence-electron chi connectivity index (χ3n) is 4.50. The van der Waals surface area contributed by atoms with Crippen molar-refractivity contribution < 1.29 is 18.3 Å². The fourth-order valence-corrected chi connectivity index (χ4v) is 3.76. The summed E-state index contributed by atoms with van der Waals surface area (Å²) in [6.07, 6.45) is 2.90. The molecule has 3 rings (SSSR count). The van der Waals surface area contributed by atoms with E-state index < -0.39 is 23.3 Å². The van der Waals surface area contributed by atoms with E-state index in [2.05, 4.69) is 10.3 Å². The summed E-state index contributed by atoms with van der Waals surface area (Å²) in [7, 11) is 0. The first-order valence-corrected chi connectivity index (χ1v) is 9.27. The number of alkyl carbamates (subject to hydrolysis) is 1. The van der Waals surface area contributed by atoms with Gasteiger partial charge in [0.2, 0.25) is 0 Å². The summed E-state index contributed by atoms with van der Waals surface area (Å²) in [6.45, 7) is 5.62. The molecule has 0 radical (unpaired) electrons. The highest BCUT2D eigenvalue weighted by Gasteiger charge is 2.25. The van der Waals surface area contributed by atoms with Gasteiger partial charge in [0.15, 0.2) is 4.77 Å². The molecule has 27 heavy (non-hydrogen) atoms. The predicted octanol–water partition coefficient (Wildman–Crippen LogP) is 4.58. The van der Waals surface area contributed by atoms with Crippen LogP contribution < -0.4 is 5.32 Å². The molecule has 1 heterocycles. The zero-order valence-electron chi connectivity index (χ0n) is 15.6. The lowest BCUT2D eigenvalue weighted by molar-refractivity contribution is 0.0522. The predicted molar refractivity (Wildman–Crippen MR) is 100 cm³/mol. The average molecular weight is 395 g/mol. The van der Waals surface area contributed by atoms with Gasteiger partial charge in [-0.3, -0.25) is 0 Å². The number of ether oxygens (including phenoxy) is 1. The summed E-state index contributed by atoms with van der Waals surface area (Å²) >= 11 is 5.39. The van der Waals surface area contributed by atoms with Crippen molar-refractivity contribution in [3.8, 4) is 0 Å². The molecule has 0 saturated carbocycles. The number of rotatable bonds is 3. The molecule has 1 aromatic heterocycles. The van der Waals surface area contributed by atoms with Crippen molar-refractivity contribution in [1.82, 2.24) is 14.9 Å². The fourth-order valence-electron chi connectivity index (χ4n) is 3.43. The number of carbonyl (C=O) groups excluding carboxylic acids is 1. The molecule has 1 aromatic carbocycles. The Morgan fingerprint density at radius 2 is 2.15 bits per heavy atom. The first kappa shape index (κ1) is 19.5. The van der Waals surface area contributed by atoms with Crippen LogP contribution in [0.3, 0.4) is 0 Å². The minimum absolute atomic E-state index is 0.0344. The molecule has 1 atom stereocenters. The lowest BCUT2D eigenvalue weighted by Gasteiger charge is -2.27. The van der Waals surface area contributed by atoms with E-state index in [1.165, 1.54) is 6.07 Å². The lowest BCUT2D eigenvalue weighted by atomic mass is 9.87. The van der Waals surface area contributed by atoms with Crippen LogP contribution in [0.1, 0.15) is 50.1 Å². The van der Waals surface area contributed by atoms with Gasteiger partial charge >= 0.3 is 6.09 Å². The van der Waals surface area contributed by atoms with E-state index >= 15 is 0 Å². The molecule has 5 nitrogen and oxygen atoms in total. The SMILES string of the molecule is CC(C)(C)OC(=O)NCc1c[nH]c(=S)n1C1CCc2c(F)cc(F)cc2C1. The third kappa shape index (κ3) is 4.55. The standard InChI is InChI=1S/C19H23F2N3O2S/c1-19(2,3)26-18(25)23-10-14-9-22-17(27)24(14)13-4-5-15-11(7-13)6-12(20)8-16(15)21/h6,8-9,13H,4-5,7,10H2,1-3H3,(H,22,27)(H,23,25). The van der Waals surface area contributed by atoms with Crippen LogP contribution in [0.25, 0.3) is 0 Å². The minimum Gasteiger partial charge on any atom is -0.444 e. The van der Waals surface area contributed by atoms with E-state index in [9.17, 15) is 13.6 Å². The van der Waals surface area contributed by atoms with Crippen molar-refractivity contribution in [1.29, 1.82) is 0 Å². The van der Waals surface area contributed by atoms with Crippen molar-refractivity contribution in [2.45, 2.75) is 58.2 Å². The molecular formula is C19H23F2N3O2S. The number of hydrogen-bond donors (Lipinski definition) is 2. The Hall–Kier alpha value is -2.22. The number of halogens is 2. The molecule has 1 aliphatic rings. The van der Waals surface area contributed by atoms with E-state index in [0.29, 0.717) is 35.2 Å². The number of amides is 1. The number of H-pyrrole nitrogens is 1. The molecule has 0 fully saturated rings. The van der Waals surface area contributed by atoms with Gasteiger partial charge in [0.05, 0.1) is 12.2 Å². The van der Waals surface area contributed by atoms with E-state index in [1.54, 1.807) is 27.0 Å². The Bertz CT molecular complexity index is 915. The van der Waals surface area contributed by atoms with Gasteiger partial charge in [0, 0.05) is 18.3 Å². The molecule has 8 heteroatoms. The molecule has 0 saturated heterocycles. The van der Waals surface area contributed by atoms with Crippen LogP contribution in [0, 0.1) is 16.4 Å². The summed E-state index contributed by atoms with van der Waals surface area (Å²) in [5.41, 5.74) is 1.44. The maximum Gasteiger partial charge on any atom is 0.407 e. The second kappa shape index (κ2) is 7.42. The number of nitrogens with one attached hydrogen (secondary N) is 2. The van der Waals surface area contributed by atoms with Crippen LogP contribution in [-0.4, -0.2) is 21.2 Å². The van der Waals surface area contributed by atoms with E-state index in [0.717, 1.165) is 11.8 Å². The Labute approximate surface area is 161 Å². The quantitative estimate of drug-likeness (QED) is 0.748. The topological polar surface area (TPSA) is 59.0 Å². The van der Waals surface area contributed by atoms with Crippen molar-refractivity contribution in [3.63, 3.8) is 0 Å². The fraction of sp³-hybridized carbons (Fsp3) is 0.474. The van der Waals surface area contributed by atoms with Crippen LogP contribution in [0.15, 0.2) is 18.3 Å². The Balaban J connectivity index is 1.77. The van der Waals surface area contributed by atoms with Crippen LogP contribution in [0.4, 0.5) is 13.6 Å². The Kier molecular flexibility index (Phi) is 5.37. The maximum absolute atomic E-state index is 14.0. The second-order valence-corrected chi connectivity index (χ2v) is 8.12. The summed E-state index contributed by atoms with van der Waals surface area (Å²) in [5.74, 6) is -1.07. The van der Waals surface area contributed by atoms with Crippen LogP contribution in [0.5, 0.6) is 0 Å². The first-order valence-electron chi connectivity index (χ1n) is 8.86. The molecule has 0 bridgehead atoms. The molecule has 2 aromatic rings. The molecule has 1 amide bonds. The van der Waals surface area contributed by atoms with Gasteiger partial charge in [-0.15, -0.1) is 0 Å². The first-order chi connectivity index (χ1) is 12.6. The Morgan fingerprint density at radius 3 is 2.85 bits per heavy atom. The monoisotopic (exact) mass is 395 g/mol. The number of hydrogen-bond acceptors (Lipinski definition) is 3. The lowest BCUT2D eigenvalue weighted by Crippen LogP contribution is -2.33. The number of benzene rings is 1. The minimum atomic E-state index is -0.581. The largest absolute Gasteiger partial charge is 0.444 e. The normalized spacial score (nSPS) is 16.7. The van der Waals surface area contributed by atoms with Gasteiger partial charge in [0.25, 0.3) is 0 Å². The molecule has 146 valence electrons. The smallest absolute Gasteiger partial charge is 0.407 e. The van der Waals surface area contributed by atoms with Gasteiger partial charge in [0.1, 0.15) is 17.2 Å². The molecule has 0 aliphatic heterocycles. The molecule has 0 spiro atoms. The Morgan fingerprint density at radius 1 is 1.41 bits per heavy atom. The van der Waals surface area contributed by atoms with Crippen LogP contribution >= 0.6 is 12.2 Å². The van der Waals surface area contributed by atoms with Crippen LogP contribution in [0.2, 0.25) is 0 Å². The second-order valence-electron chi connectivity index (χ2n) is 7.73. The number of aromatic nitrogens is 2. The zero-order chi connectivity index (χ0) is 19.8. The number of carbonyl (C=O) groups is 1. The zero-order valence-corrected chi connectivity index (χ0v) is 16.4. The third-order valence-corrected chi connectivity index (χ3v) is 4.82. The molecule has 2 N–H and O–H groups in total. The van der Waals surface area contributed by atoms with Crippen molar-refractivity contribution in [2.24, 2.45) is 0 Å². The van der Waals surface area contributed by atoms with E-state index in [4.69, 9.17) is 17.0 Å². The van der Waals surface area contributed by atoms with Crippen LogP contribution in [-0.2, 0) is 24.1 Å². The number of imidazole rings is 1. The number of aromatic amines is 1. The summed E-state index contributed by atoms with van der Waals surface area (Å²) in [4.78, 5) is 14.9. The molecular weight excluding hydrogens is 372 g/mol. The highest BCUT2D eigenvalue weighted by molar-refractivity contribution is 7.71. The van der Waals surface area contributed by atoms with E-state index in [1.807, 2.05) is 4.57 Å². The summed E-state index contributed by atoms with van der Waals surface area (Å²) < 4.78 is 35.2. The van der Waals surface area contributed by atoms with Crippen molar-refractivity contribution in [3.05, 3.63) is 51.6 Å². The van der Waals surface area contributed by atoms with Gasteiger partial charge in [-0.1, -0.05) is 0 Å². The highest BCUT2D eigenvalue weighted by Crippen LogP contribution is 2.32. The highest BCUT2D eigenvalue weighted by atomic mass is 32.1. The van der Waals surface area contributed by atoms with Gasteiger partial charge in [-0.25, -0.2) is 13.6 Å². The summed E-state index contributed by atoms with van der Waals surface area (Å²) in [6, 6.07) is 2.28. The van der Waals surface area contributed by atoms with Gasteiger partial charge < -0.3 is 19.6 Å². The van der Waals surface area contributed by atoms with Gasteiger partial charge in [-0.05, 0) is 69.4 Å². The molecule has 1 aliphatic carbocycles. The van der Waals surface area contributed by atoms with Gasteiger partial charge in [-0.2, -0.15) is 0 Å². The van der Waals surface area contributed by atoms with E-state index in [-0.39, 0.29) is 12.6 Å². The number of fused-ring (bicyclic) bond motifs is 1. The van der Waals surface area contributed by atoms with Crippen molar-refractivity contribution in [2.75, 3.05) is 0 Å². The molecule has 1 unspecified atom stereocenters.